The van der Waals surface area contributed by atoms with Gasteiger partial charge in [-0.3, -0.25) is 0 Å². The third kappa shape index (κ3) is 3.63. The predicted octanol–water partition coefficient (Wildman–Crippen LogP) is 2.36. The Hall–Kier alpha value is -1.77. The van der Waals surface area contributed by atoms with Crippen molar-refractivity contribution in [2.45, 2.75) is 6.92 Å². The number of rotatable bonds is 4. The molecule has 0 aliphatic carbocycles. The van der Waals surface area contributed by atoms with Crippen LogP contribution in [0, 0.1) is 0 Å². The molecule has 0 aliphatic rings. The van der Waals surface area contributed by atoms with E-state index < -0.39 is 0 Å². The molecule has 0 spiro atoms. The van der Waals surface area contributed by atoms with Crippen molar-refractivity contribution in [1.29, 1.82) is 0 Å². The molecule has 0 saturated heterocycles. The molecule has 17 heavy (non-hydrogen) atoms. The van der Waals surface area contributed by atoms with E-state index >= 15 is 0 Å². The van der Waals surface area contributed by atoms with Crippen molar-refractivity contribution in [1.82, 2.24) is 15.5 Å². The van der Waals surface area contributed by atoms with Gasteiger partial charge in [0.05, 0.1) is 0 Å². The minimum absolute atomic E-state index is 0.374. The molecule has 1 N–H and O–H groups in total. The molecule has 0 aliphatic heterocycles. The second-order valence-electron chi connectivity index (χ2n) is 3.41. The van der Waals surface area contributed by atoms with E-state index in [2.05, 4.69) is 27.8 Å². The first-order valence-corrected chi connectivity index (χ1v) is 5.45. The number of hydrogen-bond acceptors (Lipinski definition) is 4. The Morgan fingerprint density at radius 2 is 2.24 bits per heavy atom. The SMILES string of the molecule is C=C=C(C)/C=C(/NC)N(C)c1ccc(Cl)nn1. The molecule has 0 radical (unpaired) electrons. The molecule has 1 aromatic rings. The molecule has 0 atom stereocenters. The fourth-order valence-electron chi connectivity index (χ4n) is 1.20. The quantitative estimate of drug-likeness (QED) is 0.658. The van der Waals surface area contributed by atoms with Gasteiger partial charge in [-0.1, -0.05) is 18.2 Å². The first-order valence-electron chi connectivity index (χ1n) is 5.07. The van der Waals surface area contributed by atoms with Crippen molar-refractivity contribution in [2.75, 3.05) is 19.0 Å². The Morgan fingerprint density at radius 3 is 2.71 bits per heavy atom. The highest BCUT2D eigenvalue weighted by Crippen LogP contribution is 2.14. The highest BCUT2D eigenvalue weighted by molar-refractivity contribution is 6.29. The van der Waals surface area contributed by atoms with Gasteiger partial charge in [-0.15, -0.1) is 15.9 Å². The maximum atomic E-state index is 5.69. The zero-order chi connectivity index (χ0) is 12.8. The normalized spacial score (nSPS) is 10.7. The van der Waals surface area contributed by atoms with Crippen LogP contribution in [0.15, 0.2) is 41.9 Å². The number of halogens is 1. The van der Waals surface area contributed by atoms with Gasteiger partial charge >= 0.3 is 0 Å². The van der Waals surface area contributed by atoms with Crippen LogP contribution in [0.4, 0.5) is 5.82 Å². The maximum absolute atomic E-state index is 5.69. The fraction of sp³-hybridized carbons (Fsp3) is 0.250. The zero-order valence-corrected chi connectivity index (χ0v) is 10.9. The van der Waals surface area contributed by atoms with E-state index in [1.165, 1.54) is 0 Å². The molecular weight excluding hydrogens is 236 g/mol. The van der Waals surface area contributed by atoms with Crippen LogP contribution in [0.2, 0.25) is 5.15 Å². The van der Waals surface area contributed by atoms with Gasteiger partial charge in [0.2, 0.25) is 0 Å². The summed E-state index contributed by atoms with van der Waals surface area (Å²) < 4.78 is 0. The molecule has 5 heteroatoms. The Balaban J connectivity index is 3.01. The van der Waals surface area contributed by atoms with E-state index in [4.69, 9.17) is 11.6 Å². The van der Waals surface area contributed by atoms with E-state index in [1.54, 1.807) is 12.1 Å². The van der Waals surface area contributed by atoms with Crippen LogP contribution in [-0.4, -0.2) is 24.3 Å². The molecule has 90 valence electrons. The number of allylic oxidation sites excluding steroid dienone is 2. The Kier molecular flexibility index (Phi) is 4.76. The van der Waals surface area contributed by atoms with Crippen LogP contribution in [0.5, 0.6) is 0 Å². The second kappa shape index (κ2) is 6.09. The number of hydrogen-bond donors (Lipinski definition) is 1. The third-order valence-corrected chi connectivity index (χ3v) is 2.41. The van der Waals surface area contributed by atoms with E-state index in [-0.39, 0.29) is 0 Å². The van der Waals surface area contributed by atoms with Crippen LogP contribution < -0.4 is 10.2 Å². The van der Waals surface area contributed by atoms with Crippen molar-refractivity contribution in [3.63, 3.8) is 0 Å². The summed E-state index contributed by atoms with van der Waals surface area (Å²) in [5.74, 6) is 1.57. The lowest BCUT2D eigenvalue weighted by molar-refractivity contribution is 0.866. The number of nitrogens with one attached hydrogen (secondary N) is 1. The first-order chi connectivity index (χ1) is 8.08. The standard InChI is InChI=1S/C12H15ClN4/c1-5-9(2)8-12(14-3)17(4)11-7-6-10(13)15-16-11/h6-8,14H,1H2,2-4H3/b12-8-. The Morgan fingerprint density at radius 1 is 1.53 bits per heavy atom. The van der Waals surface area contributed by atoms with Crippen LogP contribution in [-0.2, 0) is 0 Å². The summed E-state index contributed by atoms with van der Waals surface area (Å²) in [4.78, 5) is 1.87. The lowest BCUT2D eigenvalue weighted by Crippen LogP contribution is -2.26. The monoisotopic (exact) mass is 250 g/mol. The van der Waals surface area contributed by atoms with E-state index in [0.717, 1.165) is 11.4 Å². The van der Waals surface area contributed by atoms with Gasteiger partial charge in [0, 0.05) is 14.1 Å². The molecule has 1 heterocycles. The molecular formula is C12H15ClN4. The van der Waals surface area contributed by atoms with Gasteiger partial charge < -0.3 is 10.2 Å². The molecule has 4 nitrogen and oxygen atoms in total. The van der Waals surface area contributed by atoms with Crippen molar-refractivity contribution < 1.29 is 0 Å². The van der Waals surface area contributed by atoms with Crippen LogP contribution in [0.25, 0.3) is 0 Å². The van der Waals surface area contributed by atoms with Crippen molar-refractivity contribution in [3.8, 4) is 0 Å². The molecule has 0 fully saturated rings. The van der Waals surface area contributed by atoms with Gasteiger partial charge in [0.15, 0.2) is 11.0 Å². The summed E-state index contributed by atoms with van der Waals surface area (Å²) in [6.45, 7) is 5.52. The lowest BCUT2D eigenvalue weighted by atomic mass is 10.3. The van der Waals surface area contributed by atoms with E-state index in [0.29, 0.717) is 11.0 Å². The van der Waals surface area contributed by atoms with Crippen LogP contribution in [0.3, 0.4) is 0 Å². The van der Waals surface area contributed by atoms with Crippen molar-refractivity contribution in [2.24, 2.45) is 0 Å². The topological polar surface area (TPSA) is 41.0 Å². The molecule has 0 amide bonds. The average Bonchev–Trinajstić information content (AvgIpc) is 2.35. The number of aromatic nitrogens is 2. The van der Waals surface area contributed by atoms with Gasteiger partial charge in [-0.2, -0.15) is 0 Å². The summed E-state index contributed by atoms with van der Waals surface area (Å²) >= 11 is 5.69. The van der Waals surface area contributed by atoms with E-state index in [1.807, 2.05) is 32.0 Å². The largest absolute Gasteiger partial charge is 0.374 e. The second-order valence-corrected chi connectivity index (χ2v) is 3.80. The third-order valence-electron chi connectivity index (χ3n) is 2.21. The fourth-order valence-corrected chi connectivity index (χ4v) is 1.30. The Labute approximate surface area is 106 Å². The molecule has 0 aromatic carbocycles. The van der Waals surface area contributed by atoms with Gasteiger partial charge in [-0.05, 0) is 30.7 Å². The molecule has 0 saturated carbocycles. The summed E-state index contributed by atoms with van der Waals surface area (Å²) in [6, 6.07) is 3.50. The van der Waals surface area contributed by atoms with Crippen LogP contribution >= 0.6 is 11.6 Å². The number of anilines is 1. The van der Waals surface area contributed by atoms with Gasteiger partial charge in [0.25, 0.3) is 0 Å². The summed E-state index contributed by atoms with van der Waals surface area (Å²) in [5.41, 5.74) is 3.75. The van der Waals surface area contributed by atoms with E-state index in [9.17, 15) is 0 Å². The highest BCUT2D eigenvalue weighted by Gasteiger charge is 2.07. The van der Waals surface area contributed by atoms with Crippen molar-refractivity contribution in [3.05, 3.63) is 47.1 Å². The minimum Gasteiger partial charge on any atom is -0.374 e. The summed E-state index contributed by atoms with van der Waals surface area (Å²) in [6.07, 6.45) is 1.92. The van der Waals surface area contributed by atoms with Gasteiger partial charge in [-0.25, -0.2) is 0 Å². The summed E-state index contributed by atoms with van der Waals surface area (Å²) in [5, 5.41) is 11.3. The maximum Gasteiger partial charge on any atom is 0.156 e. The highest BCUT2D eigenvalue weighted by atomic mass is 35.5. The number of nitrogens with zero attached hydrogens (tertiary/aromatic N) is 3. The smallest absolute Gasteiger partial charge is 0.156 e. The predicted molar refractivity (Wildman–Crippen MR) is 70.9 cm³/mol. The lowest BCUT2D eigenvalue weighted by Gasteiger charge is -2.20. The van der Waals surface area contributed by atoms with Crippen molar-refractivity contribution >= 4 is 17.4 Å². The average molecular weight is 251 g/mol. The first kappa shape index (κ1) is 13.3. The zero-order valence-electron chi connectivity index (χ0n) is 10.2. The van der Waals surface area contributed by atoms with Gasteiger partial charge in [0.1, 0.15) is 5.82 Å². The Bertz CT molecular complexity index is 458. The molecule has 1 aromatic heterocycles. The van der Waals surface area contributed by atoms with Crippen LogP contribution in [0.1, 0.15) is 6.92 Å². The minimum atomic E-state index is 0.374. The molecule has 1 rings (SSSR count). The molecule has 0 bridgehead atoms. The summed E-state index contributed by atoms with van der Waals surface area (Å²) in [7, 11) is 3.72. The molecule has 0 unspecified atom stereocenters.